The van der Waals surface area contributed by atoms with Gasteiger partial charge in [0.05, 0.1) is 24.2 Å². The first kappa shape index (κ1) is 24.0. The fraction of sp³-hybridized carbons (Fsp3) is 0.250. The van der Waals surface area contributed by atoms with Gasteiger partial charge in [0.15, 0.2) is 17.0 Å². The molecule has 10 heteroatoms. The van der Waals surface area contributed by atoms with E-state index in [1.807, 2.05) is 22.8 Å². The minimum Gasteiger partial charge on any atom is -0.397 e. The standard InChI is InChI=1S/C24H25BrClN7O/c1-2-3-4-11-28-21-20-22(32-24(26)31-21)33(14-29-20)13-15-5-7-16(8-6-15)23(34)30-19-10-9-17(25)12-18(19)27/h5-10,12,14H,2-4,11,13,27H2,1H3,(H,30,34)(H,28,31,32). The maximum absolute atomic E-state index is 12.6. The lowest BCUT2D eigenvalue weighted by Gasteiger charge is -2.10. The molecule has 0 saturated carbocycles. The van der Waals surface area contributed by atoms with Crippen molar-refractivity contribution in [2.45, 2.75) is 32.7 Å². The average molecular weight is 543 g/mol. The Bertz CT molecular complexity index is 1310. The van der Waals surface area contributed by atoms with Gasteiger partial charge in [0.25, 0.3) is 5.91 Å². The Hall–Kier alpha value is -3.17. The molecule has 2 aromatic carbocycles. The van der Waals surface area contributed by atoms with Gasteiger partial charge in [-0.2, -0.15) is 9.97 Å². The molecule has 2 heterocycles. The van der Waals surface area contributed by atoms with E-state index >= 15 is 0 Å². The van der Waals surface area contributed by atoms with E-state index in [9.17, 15) is 4.79 Å². The van der Waals surface area contributed by atoms with E-state index in [1.165, 1.54) is 0 Å². The molecule has 176 valence electrons. The predicted molar refractivity (Wildman–Crippen MR) is 140 cm³/mol. The number of carbonyl (C=O) groups excluding carboxylic acids is 1. The van der Waals surface area contributed by atoms with E-state index in [-0.39, 0.29) is 11.2 Å². The van der Waals surface area contributed by atoms with Crippen LogP contribution in [0.3, 0.4) is 0 Å². The Labute approximate surface area is 211 Å². The monoisotopic (exact) mass is 541 g/mol. The summed E-state index contributed by atoms with van der Waals surface area (Å²) in [6, 6.07) is 12.7. The fourth-order valence-electron chi connectivity index (χ4n) is 3.54. The van der Waals surface area contributed by atoms with Gasteiger partial charge in [-0.05, 0) is 53.9 Å². The third-order valence-corrected chi connectivity index (χ3v) is 6.00. The SMILES string of the molecule is CCCCCNc1nc(Cl)nc2c1ncn2Cc1ccc(C(=O)Nc2ccc(Br)cc2N)cc1. The Morgan fingerprint density at radius 2 is 1.94 bits per heavy atom. The minimum absolute atomic E-state index is 0.173. The van der Waals surface area contributed by atoms with E-state index < -0.39 is 0 Å². The van der Waals surface area contributed by atoms with Crippen LogP contribution in [-0.2, 0) is 6.54 Å². The lowest BCUT2D eigenvalue weighted by Crippen LogP contribution is -2.13. The first-order chi connectivity index (χ1) is 16.4. The molecule has 0 bridgehead atoms. The summed E-state index contributed by atoms with van der Waals surface area (Å²) in [5, 5.41) is 6.33. The number of nitrogens with one attached hydrogen (secondary N) is 2. The van der Waals surface area contributed by atoms with Crippen molar-refractivity contribution < 1.29 is 4.79 Å². The number of nitrogens with two attached hydrogens (primary N) is 1. The summed E-state index contributed by atoms with van der Waals surface area (Å²) < 4.78 is 2.77. The second-order valence-electron chi connectivity index (χ2n) is 7.90. The zero-order valence-corrected chi connectivity index (χ0v) is 21.0. The Balaban J connectivity index is 1.47. The molecule has 1 amide bonds. The van der Waals surface area contributed by atoms with Crippen LogP contribution in [0.15, 0.2) is 53.3 Å². The highest BCUT2D eigenvalue weighted by atomic mass is 79.9. The number of anilines is 3. The van der Waals surface area contributed by atoms with Crippen molar-refractivity contribution in [3.05, 3.63) is 69.7 Å². The van der Waals surface area contributed by atoms with Crippen LogP contribution in [0.1, 0.15) is 42.1 Å². The molecule has 0 spiro atoms. The number of carbonyl (C=O) groups is 1. The summed E-state index contributed by atoms with van der Waals surface area (Å²) >= 11 is 9.54. The summed E-state index contributed by atoms with van der Waals surface area (Å²) in [6.07, 6.45) is 5.07. The van der Waals surface area contributed by atoms with Crippen LogP contribution in [0, 0.1) is 0 Å². The number of nitrogen functional groups attached to an aromatic ring is 1. The molecule has 0 unspecified atom stereocenters. The Morgan fingerprint density at radius 3 is 2.68 bits per heavy atom. The maximum atomic E-state index is 12.6. The average Bonchev–Trinajstić information content (AvgIpc) is 3.21. The Kier molecular flexibility index (Phi) is 7.64. The lowest BCUT2D eigenvalue weighted by molar-refractivity contribution is 0.102. The molecule has 0 aliphatic heterocycles. The van der Waals surface area contributed by atoms with Gasteiger partial charge in [0.1, 0.15) is 0 Å². The molecule has 0 saturated heterocycles. The van der Waals surface area contributed by atoms with Crippen LogP contribution in [0.25, 0.3) is 11.2 Å². The normalized spacial score (nSPS) is 11.0. The number of amides is 1. The van der Waals surface area contributed by atoms with Gasteiger partial charge in [-0.15, -0.1) is 0 Å². The van der Waals surface area contributed by atoms with Gasteiger partial charge in [-0.3, -0.25) is 4.79 Å². The molecule has 34 heavy (non-hydrogen) atoms. The van der Waals surface area contributed by atoms with Crippen molar-refractivity contribution in [3.63, 3.8) is 0 Å². The number of rotatable bonds is 9. The first-order valence-corrected chi connectivity index (χ1v) is 12.2. The largest absolute Gasteiger partial charge is 0.397 e. The number of unbranched alkanes of at least 4 members (excludes halogenated alkanes) is 2. The number of imidazole rings is 1. The smallest absolute Gasteiger partial charge is 0.255 e. The third-order valence-electron chi connectivity index (χ3n) is 5.34. The molecular formula is C24H25BrClN7O. The molecule has 2 aromatic heterocycles. The van der Waals surface area contributed by atoms with Crippen molar-refractivity contribution in [1.82, 2.24) is 19.5 Å². The first-order valence-electron chi connectivity index (χ1n) is 11.0. The second-order valence-corrected chi connectivity index (χ2v) is 9.16. The van der Waals surface area contributed by atoms with Crippen molar-refractivity contribution in [3.8, 4) is 0 Å². The summed E-state index contributed by atoms with van der Waals surface area (Å²) in [6.45, 7) is 3.50. The molecule has 8 nitrogen and oxygen atoms in total. The van der Waals surface area contributed by atoms with Gasteiger partial charge < -0.3 is 20.9 Å². The minimum atomic E-state index is -0.230. The molecule has 0 radical (unpaired) electrons. The van der Waals surface area contributed by atoms with Crippen molar-refractivity contribution in [1.29, 1.82) is 0 Å². The fourth-order valence-corrected chi connectivity index (χ4v) is 4.08. The van der Waals surface area contributed by atoms with Gasteiger partial charge in [0.2, 0.25) is 5.28 Å². The molecule has 0 aliphatic rings. The van der Waals surface area contributed by atoms with E-state index in [4.69, 9.17) is 17.3 Å². The quantitative estimate of drug-likeness (QED) is 0.142. The van der Waals surface area contributed by atoms with Crippen molar-refractivity contribution >= 4 is 61.8 Å². The van der Waals surface area contributed by atoms with Crippen molar-refractivity contribution in [2.75, 3.05) is 22.9 Å². The van der Waals surface area contributed by atoms with Crippen LogP contribution >= 0.6 is 27.5 Å². The summed E-state index contributed by atoms with van der Waals surface area (Å²) in [7, 11) is 0. The molecule has 4 rings (SSSR count). The third kappa shape index (κ3) is 5.66. The summed E-state index contributed by atoms with van der Waals surface area (Å²) in [5.74, 6) is 0.413. The molecule has 0 aliphatic carbocycles. The van der Waals surface area contributed by atoms with E-state index in [1.54, 1.807) is 30.6 Å². The van der Waals surface area contributed by atoms with Gasteiger partial charge in [-0.1, -0.05) is 47.8 Å². The molecular weight excluding hydrogens is 518 g/mol. The van der Waals surface area contributed by atoms with Crippen LogP contribution < -0.4 is 16.4 Å². The summed E-state index contributed by atoms with van der Waals surface area (Å²) in [5.41, 5.74) is 9.90. The zero-order chi connectivity index (χ0) is 24.1. The number of hydrogen-bond donors (Lipinski definition) is 3. The second kappa shape index (κ2) is 10.8. The Morgan fingerprint density at radius 1 is 1.15 bits per heavy atom. The van der Waals surface area contributed by atoms with Gasteiger partial charge >= 0.3 is 0 Å². The van der Waals surface area contributed by atoms with E-state index in [0.717, 1.165) is 35.8 Å². The molecule has 4 N–H and O–H groups in total. The van der Waals surface area contributed by atoms with E-state index in [2.05, 4.69) is 48.4 Å². The number of aromatic nitrogens is 4. The number of benzene rings is 2. The molecule has 4 aromatic rings. The maximum Gasteiger partial charge on any atom is 0.255 e. The predicted octanol–water partition coefficient (Wildman–Crippen LogP) is 5.73. The molecule has 0 fully saturated rings. The highest BCUT2D eigenvalue weighted by Gasteiger charge is 2.13. The van der Waals surface area contributed by atoms with Crippen LogP contribution in [-0.4, -0.2) is 32.0 Å². The van der Waals surface area contributed by atoms with Crippen molar-refractivity contribution in [2.24, 2.45) is 0 Å². The number of hydrogen-bond acceptors (Lipinski definition) is 6. The number of halogens is 2. The van der Waals surface area contributed by atoms with Crippen LogP contribution in [0.2, 0.25) is 5.28 Å². The molecule has 0 atom stereocenters. The van der Waals surface area contributed by atoms with E-state index in [0.29, 0.717) is 40.5 Å². The van der Waals surface area contributed by atoms with Gasteiger partial charge in [-0.25, -0.2) is 4.98 Å². The van der Waals surface area contributed by atoms with Crippen LogP contribution in [0.4, 0.5) is 17.2 Å². The lowest BCUT2D eigenvalue weighted by atomic mass is 10.1. The number of fused-ring (bicyclic) bond motifs is 1. The summed E-state index contributed by atoms with van der Waals surface area (Å²) in [4.78, 5) is 25.8. The zero-order valence-electron chi connectivity index (χ0n) is 18.7. The highest BCUT2D eigenvalue weighted by molar-refractivity contribution is 9.10. The van der Waals surface area contributed by atoms with Gasteiger partial charge in [0, 0.05) is 16.6 Å². The topological polar surface area (TPSA) is 111 Å². The highest BCUT2D eigenvalue weighted by Crippen LogP contribution is 2.24. The number of nitrogens with zero attached hydrogens (tertiary/aromatic N) is 4. The van der Waals surface area contributed by atoms with Crippen LogP contribution in [0.5, 0.6) is 0 Å².